The smallest absolute Gasteiger partial charge is 1.00 e. The minimum absolute atomic E-state index is 0. The monoisotopic (exact) mass is 436 g/mol. The van der Waals surface area contributed by atoms with E-state index in [1.165, 1.54) is 0 Å². The van der Waals surface area contributed by atoms with Crippen molar-refractivity contribution in [3.05, 3.63) is 72.9 Å². The first-order valence-corrected chi connectivity index (χ1v) is 12.4. The normalized spacial score (nSPS) is 11.6. The second kappa shape index (κ2) is 37.1. The molecule has 0 N–H and O–H groups in total. The van der Waals surface area contributed by atoms with Crippen LogP contribution in [0.5, 0.6) is 0 Å². The topological polar surface area (TPSA) is 0 Å². The zero-order chi connectivity index (χ0) is 23.5. The molecule has 0 aromatic heterocycles. The number of hydrogen-bond donors (Lipinski definition) is 0. The third-order valence-electron chi connectivity index (χ3n) is 4.05. The Labute approximate surface area is 217 Å². The molecule has 0 heterocycles. The van der Waals surface area contributed by atoms with Gasteiger partial charge in [-0.3, -0.25) is 0 Å². The molecule has 0 saturated carbocycles. The Morgan fingerprint density at radius 3 is 0.594 bits per heavy atom. The Bertz CT molecular complexity index is 386. The summed E-state index contributed by atoms with van der Waals surface area (Å²) in [5, 5.41) is 0. The fourth-order valence-electron chi connectivity index (χ4n) is 2.30. The minimum Gasteiger partial charge on any atom is -1.00 e. The Balaban J connectivity index is -0.0000000401. The fourth-order valence-corrected chi connectivity index (χ4v) is 2.30. The van der Waals surface area contributed by atoms with Crippen LogP contribution >= 0.6 is 0 Å². The maximum absolute atomic E-state index is 2.24. The van der Waals surface area contributed by atoms with E-state index in [9.17, 15) is 0 Å². The SMILES string of the molecule is CC/C=C/C(C)/C=C/CC.CC/C=C/C(C)/C=C/CC.CC/C=C/C(C)/C=C/CC.[Be+2].[Be+2].[H-].[H-].[H-].[H-]. The summed E-state index contributed by atoms with van der Waals surface area (Å²) in [6.07, 6.45) is 33.6. The molecule has 0 aliphatic heterocycles. The molecule has 0 fully saturated rings. The number of allylic oxidation sites excluding steroid dienone is 12. The largest absolute Gasteiger partial charge is 2.00 e. The molecule has 0 nitrogen and oxygen atoms in total. The van der Waals surface area contributed by atoms with Crippen LogP contribution in [-0.4, -0.2) is 20.2 Å². The van der Waals surface area contributed by atoms with E-state index in [0.29, 0.717) is 17.8 Å². The maximum atomic E-state index is 2.24. The van der Waals surface area contributed by atoms with Crippen LogP contribution in [0.2, 0.25) is 0 Å². The Morgan fingerprint density at radius 2 is 0.500 bits per heavy atom. The van der Waals surface area contributed by atoms with Crippen LogP contribution < -0.4 is 0 Å². The van der Waals surface area contributed by atoms with Gasteiger partial charge in [-0.1, -0.05) is 135 Å². The molecule has 0 aliphatic rings. The summed E-state index contributed by atoms with van der Waals surface area (Å²) < 4.78 is 0. The molecule has 0 radical (unpaired) electrons. The van der Waals surface area contributed by atoms with Gasteiger partial charge >= 0.3 is 20.2 Å². The summed E-state index contributed by atoms with van der Waals surface area (Å²) in [6, 6.07) is 0. The average Bonchev–Trinajstić information content (AvgIpc) is 2.76. The van der Waals surface area contributed by atoms with Gasteiger partial charge in [-0.05, 0) is 56.3 Å². The van der Waals surface area contributed by atoms with Crippen LogP contribution in [0.3, 0.4) is 0 Å². The fraction of sp³-hybridized carbons (Fsp3) is 0.600. The standard InChI is InChI=1S/3C10H18.2Be.4H/c3*1-4-6-8-10(3)9-7-5-2;;;;;;/h3*6-10H,4-5H2,1-3H3;;;;;;/q;;;2*+2;4*-1/b3*8-6+,9-7+;;;;;;. The van der Waals surface area contributed by atoms with E-state index in [1.807, 2.05) is 0 Å². The molecule has 0 aliphatic carbocycles. The van der Waals surface area contributed by atoms with Crippen molar-refractivity contribution in [1.82, 2.24) is 0 Å². The summed E-state index contributed by atoms with van der Waals surface area (Å²) in [4.78, 5) is 0. The predicted octanol–water partition coefficient (Wildman–Crippen LogP) is 10.4. The van der Waals surface area contributed by atoms with Gasteiger partial charge in [0.05, 0.1) is 0 Å². The van der Waals surface area contributed by atoms with E-state index in [-0.39, 0.29) is 25.9 Å². The van der Waals surface area contributed by atoms with E-state index in [4.69, 9.17) is 0 Å². The van der Waals surface area contributed by atoms with Gasteiger partial charge < -0.3 is 5.71 Å². The van der Waals surface area contributed by atoms with Gasteiger partial charge in [0.25, 0.3) is 0 Å². The molecule has 0 saturated heterocycles. The minimum atomic E-state index is 0. The molecule has 182 valence electrons. The molecule has 2 heteroatoms. The first kappa shape index (κ1) is 41.1. The molecule has 0 bridgehead atoms. The Hall–Kier alpha value is -1.22. The molecule has 0 atom stereocenters. The molecule has 0 rings (SSSR count). The van der Waals surface area contributed by atoms with Gasteiger partial charge in [0.2, 0.25) is 0 Å². The van der Waals surface area contributed by atoms with Crippen molar-refractivity contribution in [3.63, 3.8) is 0 Å². The van der Waals surface area contributed by atoms with Gasteiger partial charge in [-0.2, -0.15) is 0 Å². The third kappa shape index (κ3) is 42.8. The van der Waals surface area contributed by atoms with E-state index in [0.717, 1.165) is 38.5 Å². The second-order valence-electron chi connectivity index (χ2n) is 7.60. The van der Waals surface area contributed by atoms with Crippen molar-refractivity contribution in [3.8, 4) is 0 Å². The number of rotatable bonds is 12. The second-order valence-corrected chi connectivity index (χ2v) is 7.60. The van der Waals surface area contributed by atoms with E-state index >= 15 is 0 Å². The first-order valence-electron chi connectivity index (χ1n) is 12.4. The van der Waals surface area contributed by atoms with Crippen LogP contribution in [-0.2, 0) is 0 Å². The van der Waals surface area contributed by atoms with Gasteiger partial charge in [0.1, 0.15) is 0 Å². The first-order chi connectivity index (χ1) is 14.4. The predicted molar refractivity (Wildman–Crippen MR) is 160 cm³/mol. The molecule has 32 heavy (non-hydrogen) atoms. The third-order valence-corrected chi connectivity index (χ3v) is 4.05. The van der Waals surface area contributed by atoms with Crippen molar-refractivity contribution in [1.29, 1.82) is 0 Å². The summed E-state index contributed by atoms with van der Waals surface area (Å²) in [5.74, 6) is 1.83. The Morgan fingerprint density at radius 1 is 0.375 bits per heavy atom. The van der Waals surface area contributed by atoms with Crippen LogP contribution in [0.15, 0.2) is 72.9 Å². The summed E-state index contributed by atoms with van der Waals surface area (Å²) in [5.41, 5.74) is 0. The zero-order valence-corrected chi connectivity index (χ0v) is 23.3. The van der Waals surface area contributed by atoms with Gasteiger partial charge in [0, 0.05) is 0 Å². The number of hydrogen-bond acceptors (Lipinski definition) is 0. The van der Waals surface area contributed by atoms with Crippen molar-refractivity contribution in [2.75, 3.05) is 0 Å². The van der Waals surface area contributed by atoms with E-state index in [2.05, 4.69) is 135 Å². The average molecular weight is 437 g/mol. The molecule has 0 unspecified atom stereocenters. The van der Waals surface area contributed by atoms with Crippen LogP contribution in [0.1, 0.15) is 107 Å². The van der Waals surface area contributed by atoms with Crippen LogP contribution in [0.25, 0.3) is 0 Å². The van der Waals surface area contributed by atoms with Crippen molar-refractivity contribution < 1.29 is 5.71 Å². The van der Waals surface area contributed by atoms with Crippen LogP contribution in [0, 0.1) is 17.8 Å². The van der Waals surface area contributed by atoms with Crippen molar-refractivity contribution in [2.45, 2.75) is 101 Å². The summed E-state index contributed by atoms with van der Waals surface area (Å²) in [6.45, 7) is 19.6. The molecule has 0 aromatic rings. The van der Waals surface area contributed by atoms with E-state index in [1.54, 1.807) is 0 Å². The molecular formula is C30H58Be2. The summed E-state index contributed by atoms with van der Waals surface area (Å²) in [7, 11) is 0. The van der Waals surface area contributed by atoms with E-state index < -0.39 is 0 Å². The van der Waals surface area contributed by atoms with Gasteiger partial charge in [-0.15, -0.1) is 0 Å². The quantitative estimate of drug-likeness (QED) is 0.211. The van der Waals surface area contributed by atoms with Crippen molar-refractivity contribution in [2.24, 2.45) is 17.8 Å². The molecule has 0 amide bonds. The van der Waals surface area contributed by atoms with Crippen LogP contribution in [0.4, 0.5) is 0 Å². The molecular weight excluding hydrogens is 378 g/mol. The zero-order valence-electron chi connectivity index (χ0n) is 27.3. The van der Waals surface area contributed by atoms with Crippen molar-refractivity contribution >= 4 is 20.2 Å². The summed E-state index contributed by atoms with van der Waals surface area (Å²) >= 11 is 0. The van der Waals surface area contributed by atoms with Gasteiger partial charge in [-0.25, -0.2) is 0 Å². The maximum Gasteiger partial charge on any atom is 2.00 e. The van der Waals surface area contributed by atoms with Gasteiger partial charge in [0.15, 0.2) is 0 Å². The molecule has 0 spiro atoms. The Kier molecular flexibility index (Phi) is 47.6. The molecule has 0 aromatic carbocycles.